The van der Waals surface area contributed by atoms with Crippen LogP contribution in [0, 0.1) is 0 Å². The van der Waals surface area contributed by atoms with Crippen LogP contribution < -0.4 is 5.32 Å². The minimum absolute atomic E-state index is 0.0554. The molecule has 0 aliphatic rings. The Kier molecular flexibility index (Phi) is 8.77. The summed E-state index contributed by atoms with van der Waals surface area (Å²) in [6.45, 7) is 5.30. The summed E-state index contributed by atoms with van der Waals surface area (Å²) in [4.78, 5) is 23.5. The van der Waals surface area contributed by atoms with Crippen molar-refractivity contribution in [2.24, 2.45) is 0 Å². The van der Waals surface area contributed by atoms with Crippen LogP contribution in [0.1, 0.15) is 12.8 Å². The molecule has 2 N–H and O–H groups in total. The van der Waals surface area contributed by atoms with Gasteiger partial charge in [-0.3, -0.25) is 4.79 Å². The van der Waals surface area contributed by atoms with Crippen LogP contribution in [0.3, 0.4) is 0 Å². The summed E-state index contributed by atoms with van der Waals surface area (Å²) in [6.07, 6.45) is 2.11. The fraction of sp³-hybridized carbons (Fsp3) is 0.636. The lowest BCUT2D eigenvalue weighted by molar-refractivity contribution is -0.137. The Morgan fingerprint density at radius 3 is 2.76 bits per heavy atom. The first kappa shape index (κ1) is 15.4. The number of carboxylic acid groups (broad SMARTS) is 1. The number of aliphatic carboxylic acids is 1. The molecule has 0 atom stereocenters. The van der Waals surface area contributed by atoms with Crippen LogP contribution in [0.4, 0.5) is 4.79 Å². The third-order valence-corrected chi connectivity index (χ3v) is 2.05. The van der Waals surface area contributed by atoms with Crippen molar-refractivity contribution in [3.8, 4) is 0 Å². The first-order valence-corrected chi connectivity index (χ1v) is 5.46. The molecule has 0 radical (unpaired) electrons. The molecule has 6 nitrogen and oxygen atoms in total. The lowest BCUT2D eigenvalue weighted by Gasteiger charge is -2.21. The molecule has 2 amide bonds. The topological polar surface area (TPSA) is 78.9 Å². The summed E-state index contributed by atoms with van der Waals surface area (Å²) in [5.41, 5.74) is 0. The number of carboxylic acids is 1. The quantitative estimate of drug-likeness (QED) is 0.462. The Balaban J connectivity index is 3.87. The largest absolute Gasteiger partial charge is 0.481 e. The highest BCUT2D eigenvalue weighted by molar-refractivity contribution is 5.74. The Labute approximate surface area is 101 Å². The second-order valence-electron chi connectivity index (χ2n) is 3.46. The summed E-state index contributed by atoms with van der Waals surface area (Å²) in [5.74, 6) is -0.860. The van der Waals surface area contributed by atoms with E-state index in [4.69, 9.17) is 9.84 Å². The van der Waals surface area contributed by atoms with E-state index in [2.05, 4.69) is 11.9 Å². The number of amides is 2. The number of hydrogen-bond donors (Lipinski definition) is 2. The highest BCUT2D eigenvalue weighted by Gasteiger charge is 2.10. The predicted octanol–water partition coefficient (Wildman–Crippen LogP) is 0.695. The van der Waals surface area contributed by atoms with Gasteiger partial charge in [0, 0.05) is 33.2 Å². The molecule has 0 aliphatic carbocycles. The number of ether oxygens (including phenoxy) is 1. The molecule has 0 fully saturated rings. The fourth-order valence-corrected chi connectivity index (χ4v) is 1.18. The average molecular weight is 244 g/mol. The molecule has 0 aromatic carbocycles. The third-order valence-electron chi connectivity index (χ3n) is 2.05. The van der Waals surface area contributed by atoms with Crippen molar-refractivity contribution in [1.82, 2.24) is 10.2 Å². The zero-order chi connectivity index (χ0) is 13.1. The molecule has 0 rings (SSSR count). The number of urea groups is 1. The van der Waals surface area contributed by atoms with Crippen LogP contribution in [0.25, 0.3) is 0 Å². The number of nitrogens with zero attached hydrogens (tertiary/aromatic N) is 1. The highest BCUT2D eigenvalue weighted by Crippen LogP contribution is 1.92. The van der Waals surface area contributed by atoms with Crippen LogP contribution in [0.2, 0.25) is 0 Å². The van der Waals surface area contributed by atoms with Crippen molar-refractivity contribution in [3.63, 3.8) is 0 Å². The van der Waals surface area contributed by atoms with Gasteiger partial charge in [0.2, 0.25) is 0 Å². The lowest BCUT2D eigenvalue weighted by atomic mass is 10.3. The minimum atomic E-state index is -0.860. The maximum Gasteiger partial charge on any atom is 0.317 e. The van der Waals surface area contributed by atoms with Crippen molar-refractivity contribution in [2.75, 3.05) is 33.4 Å². The summed E-state index contributed by atoms with van der Waals surface area (Å²) < 4.78 is 4.89. The summed E-state index contributed by atoms with van der Waals surface area (Å²) in [5, 5.41) is 11.1. The monoisotopic (exact) mass is 244 g/mol. The van der Waals surface area contributed by atoms with E-state index in [9.17, 15) is 9.59 Å². The zero-order valence-corrected chi connectivity index (χ0v) is 10.1. The second kappa shape index (κ2) is 9.65. The molecule has 98 valence electrons. The van der Waals surface area contributed by atoms with Gasteiger partial charge in [0.1, 0.15) is 0 Å². The van der Waals surface area contributed by atoms with Gasteiger partial charge < -0.3 is 20.1 Å². The van der Waals surface area contributed by atoms with E-state index >= 15 is 0 Å². The van der Waals surface area contributed by atoms with Gasteiger partial charge in [-0.2, -0.15) is 0 Å². The smallest absolute Gasteiger partial charge is 0.317 e. The molecule has 0 saturated carbocycles. The lowest BCUT2D eigenvalue weighted by Crippen LogP contribution is -2.42. The Morgan fingerprint density at radius 2 is 2.24 bits per heavy atom. The molecule has 0 aromatic heterocycles. The van der Waals surface area contributed by atoms with Gasteiger partial charge in [-0.1, -0.05) is 6.08 Å². The van der Waals surface area contributed by atoms with Crippen LogP contribution in [-0.2, 0) is 9.53 Å². The van der Waals surface area contributed by atoms with E-state index < -0.39 is 5.97 Å². The minimum Gasteiger partial charge on any atom is -0.481 e. The predicted molar refractivity (Wildman–Crippen MR) is 63.9 cm³/mol. The van der Waals surface area contributed by atoms with Crippen LogP contribution in [0.15, 0.2) is 12.7 Å². The first-order valence-electron chi connectivity index (χ1n) is 5.46. The molecule has 0 aromatic rings. The molecular formula is C11H20N2O4. The number of carbonyl (C=O) groups is 2. The highest BCUT2D eigenvalue weighted by atomic mass is 16.5. The van der Waals surface area contributed by atoms with Crippen molar-refractivity contribution < 1.29 is 19.4 Å². The SMILES string of the molecule is C=CCN(CCOC)C(=O)NCCCC(=O)O. The molecule has 17 heavy (non-hydrogen) atoms. The van der Waals surface area contributed by atoms with Crippen molar-refractivity contribution in [3.05, 3.63) is 12.7 Å². The fourth-order valence-electron chi connectivity index (χ4n) is 1.18. The van der Waals surface area contributed by atoms with Gasteiger partial charge in [0.05, 0.1) is 6.61 Å². The van der Waals surface area contributed by atoms with Crippen molar-refractivity contribution >= 4 is 12.0 Å². The second-order valence-corrected chi connectivity index (χ2v) is 3.46. The first-order chi connectivity index (χ1) is 8.11. The van der Waals surface area contributed by atoms with Gasteiger partial charge in [-0.15, -0.1) is 6.58 Å². The van der Waals surface area contributed by atoms with Gasteiger partial charge in [-0.25, -0.2) is 4.79 Å². The van der Waals surface area contributed by atoms with E-state index in [1.54, 1.807) is 18.1 Å². The molecular weight excluding hydrogens is 224 g/mol. The van der Waals surface area contributed by atoms with Gasteiger partial charge in [0.25, 0.3) is 0 Å². The maximum atomic E-state index is 11.6. The number of nitrogens with one attached hydrogen (secondary N) is 1. The molecule has 0 bridgehead atoms. The maximum absolute atomic E-state index is 11.6. The van der Waals surface area contributed by atoms with Crippen LogP contribution in [0.5, 0.6) is 0 Å². The Hall–Kier alpha value is -1.56. The molecule has 0 saturated heterocycles. The molecule has 6 heteroatoms. The molecule has 0 aliphatic heterocycles. The van der Waals surface area contributed by atoms with Crippen LogP contribution in [-0.4, -0.2) is 55.4 Å². The number of methoxy groups -OCH3 is 1. The summed E-state index contributed by atoms with van der Waals surface area (Å²) in [6, 6.07) is -0.229. The standard InChI is InChI=1S/C11H20N2O4/c1-3-7-13(8-9-17-2)11(16)12-6-4-5-10(14)15/h3H,1,4-9H2,2H3,(H,12,16)(H,14,15). The summed E-state index contributed by atoms with van der Waals surface area (Å²) >= 11 is 0. The Morgan fingerprint density at radius 1 is 1.53 bits per heavy atom. The molecule has 0 unspecified atom stereocenters. The van der Waals surface area contributed by atoms with E-state index in [1.807, 2.05) is 0 Å². The average Bonchev–Trinajstić information content (AvgIpc) is 2.29. The van der Waals surface area contributed by atoms with Gasteiger partial charge >= 0.3 is 12.0 Å². The number of hydrogen-bond acceptors (Lipinski definition) is 3. The molecule has 0 spiro atoms. The zero-order valence-electron chi connectivity index (χ0n) is 10.1. The summed E-state index contributed by atoms with van der Waals surface area (Å²) in [7, 11) is 1.57. The van der Waals surface area contributed by atoms with Gasteiger partial charge in [-0.05, 0) is 6.42 Å². The third kappa shape index (κ3) is 8.27. The number of carbonyl (C=O) groups excluding carboxylic acids is 1. The Bertz CT molecular complexity index is 256. The van der Waals surface area contributed by atoms with E-state index in [0.717, 1.165) is 0 Å². The number of rotatable bonds is 9. The van der Waals surface area contributed by atoms with Crippen molar-refractivity contribution in [1.29, 1.82) is 0 Å². The van der Waals surface area contributed by atoms with E-state index in [-0.39, 0.29) is 12.5 Å². The molecule has 0 heterocycles. The van der Waals surface area contributed by atoms with Gasteiger partial charge in [0.15, 0.2) is 0 Å². The van der Waals surface area contributed by atoms with E-state index in [1.165, 1.54) is 0 Å². The van der Waals surface area contributed by atoms with Crippen molar-refractivity contribution in [2.45, 2.75) is 12.8 Å². The normalized spacial score (nSPS) is 9.71. The van der Waals surface area contributed by atoms with E-state index in [0.29, 0.717) is 32.7 Å². The van der Waals surface area contributed by atoms with Crippen LogP contribution >= 0.6 is 0 Å².